The quantitative estimate of drug-likeness (QED) is 0.500. The summed E-state index contributed by atoms with van der Waals surface area (Å²) in [5, 5.41) is 2.86. The number of hydrogen-bond acceptors (Lipinski definition) is 2. The van der Waals surface area contributed by atoms with Crippen molar-refractivity contribution in [3.8, 4) is 0 Å². The lowest BCUT2D eigenvalue weighted by molar-refractivity contribution is -0.704. The van der Waals surface area contributed by atoms with E-state index in [9.17, 15) is 9.59 Å². The van der Waals surface area contributed by atoms with Gasteiger partial charge in [-0.3, -0.25) is 9.59 Å². The standard InChI is InChI=1S/C21H17BrN2O2/c1-15(20(25)16-9-11-18(22)12-10-16)24-13-5-8-19(14-24)23-21(26)17-6-3-2-4-7-17/h2-15H,1H3/p+1/t15-/m0/s1. The van der Waals surface area contributed by atoms with E-state index in [1.54, 1.807) is 41.1 Å². The molecule has 0 saturated carbocycles. The number of anilines is 1. The van der Waals surface area contributed by atoms with Crippen molar-refractivity contribution >= 4 is 33.3 Å². The largest absolute Gasteiger partial charge is 0.317 e. The average Bonchev–Trinajstić information content (AvgIpc) is 2.68. The van der Waals surface area contributed by atoms with Crippen molar-refractivity contribution < 1.29 is 14.2 Å². The predicted molar refractivity (Wildman–Crippen MR) is 104 cm³/mol. The smallest absolute Gasteiger partial charge is 0.255 e. The number of rotatable bonds is 5. The van der Waals surface area contributed by atoms with Gasteiger partial charge in [0.2, 0.25) is 11.8 Å². The highest BCUT2D eigenvalue weighted by Crippen LogP contribution is 2.15. The van der Waals surface area contributed by atoms with Gasteiger partial charge in [0, 0.05) is 28.6 Å². The molecule has 130 valence electrons. The van der Waals surface area contributed by atoms with Gasteiger partial charge in [-0.05, 0) is 30.3 Å². The molecule has 1 aromatic heterocycles. The summed E-state index contributed by atoms with van der Waals surface area (Å²) in [7, 11) is 0. The summed E-state index contributed by atoms with van der Waals surface area (Å²) >= 11 is 3.37. The normalized spacial score (nSPS) is 11.6. The number of aromatic nitrogens is 1. The van der Waals surface area contributed by atoms with Gasteiger partial charge in [-0.2, -0.15) is 4.57 Å². The van der Waals surface area contributed by atoms with Gasteiger partial charge in [0.1, 0.15) is 5.69 Å². The lowest BCUT2D eigenvalue weighted by atomic mass is 10.1. The van der Waals surface area contributed by atoms with E-state index in [1.165, 1.54) is 0 Å². The van der Waals surface area contributed by atoms with Gasteiger partial charge in [-0.25, -0.2) is 0 Å². The van der Waals surface area contributed by atoms with E-state index in [0.29, 0.717) is 16.8 Å². The van der Waals surface area contributed by atoms with Crippen LogP contribution in [0.4, 0.5) is 5.69 Å². The number of ketones is 1. The summed E-state index contributed by atoms with van der Waals surface area (Å²) < 4.78 is 2.73. The fourth-order valence-corrected chi connectivity index (χ4v) is 2.86. The minimum absolute atomic E-state index is 0.00837. The summed E-state index contributed by atoms with van der Waals surface area (Å²) in [5.74, 6) is -0.177. The first-order chi connectivity index (χ1) is 12.5. The number of carbonyl (C=O) groups is 2. The predicted octanol–water partition coefficient (Wildman–Crippen LogP) is 4.43. The number of nitrogens with zero attached hydrogens (tertiary/aromatic N) is 1. The van der Waals surface area contributed by atoms with Crippen LogP contribution in [0.3, 0.4) is 0 Å². The van der Waals surface area contributed by atoms with Crippen molar-refractivity contribution in [2.24, 2.45) is 0 Å². The van der Waals surface area contributed by atoms with Crippen LogP contribution >= 0.6 is 15.9 Å². The summed E-state index contributed by atoms with van der Waals surface area (Å²) in [6.07, 6.45) is 3.59. The average molecular weight is 410 g/mol. The third kappa shape index (κ3) is 4.24. The molecule has 0 fully saturated rings. The van der Waals surface area contributed by atoms with Crippen LogP contribution in [0.5, 0.6) is 0 Å². The van der Waals surface area contributed by atoms with E-state index in [2.05, 4.69) is 21.2 Å². The van der Waals surface area contributed by atoms with Crippen molar-refractivity contribution in [2.45, 2.75) is 13.0 Å². The fourth-order valence-electron chi connectivity index (χ4n) is 2.59. The molecule has 5 heteroatoms. The third-order valence-electron chi connectivity index (χ3n) is 4.07. The highest BCUT2D eigenvalue weighted by atomic mass is 79.9. The molecule has 3 rings (SSSR count). The molecule has 0 bridgehead atoms. The van der Waals surface area contributed by atoms with Gasteiger partial charge >= 0.3 is 0 Å². The van der Waals surface area contributed by atoms with Crippen molar-refractivity contribution in [2.75, 3.05) is 5.32 Å². The third-order valence-corrected chi connectivity index (χ3v) is 4.60. The second-order valence-electron chi connectivity index (χ2n) is 5.91. The van der Waals surface area contributed by atoms with Crippen molar-refractivity contribution in [1.82, 2.24) is 0 Å². The van der Waals surface area contributed by atoms with Crippen molar-refractivity contribution in [3.05, 3.63) is 94.7 Å². The molecule has 1 heterocycles. The molecule has 4 nitrogen and oxygen atoms in total. The van der Waals surface area contributed by atoms with Gasteiger partial charge in [-0.1, -0.05) is 46.3 Å². The van der Waals surface area contributed by atoms with Crippen LogP contribution in [-0.2, 0) is 0 Å². The second kappa shape index (κ2) is 8.06. The Bertz CT molecular complexity index is 924. The molecule has 0 aliphatic carbocycles. The Morgan fingerprint density at radius 3 is 2.31 bits per heavy atom. The topological polar surface area (TPSA) is 50.0 Å². The first kappa shape index (κ1) is 18.0. The number of nitrogens with one attached hydrogen (secondary N) is 1. The SMILES string of the molecule is C[C@@H](C(=O)c1ccc(Br)cc1)[n+]1cccc(NC(=O)c2ccccc2)c1. The number of Topliss-reactive ketones (excluding diaryl/α,β-unsaturated/α-hetero) is 1. The molecule has 3 aromatic rings. The Kier molecular flexibility index (Phi) is 5.58. The van der Waals surface area contributed by atoms with Gasteiger partial charge in [0.15, 0.2) is 12.4 Å². The molecule has 2 aromatic carbocycles. The van der Waals surface area contributed by atoms with Gasteiger partial charge in [-0.15, -0.1) is 0 Å². The molecule has 0 aliphatic heterocycles. The van der Waals surface area contributed by atoms with Crippen LogP contribution in [0, 0.1) is 0 Å². The zero-order valence-corrected chi connectivity index (χ0v) is 15.8. The van der Waals surface area contributed by atoms with E-state index >= 15 is 0 Å². The molecule has 1 atom stereocenters. The van der Waals surface area contributed by atoms with Crippen LogP contribution in [-0.4, -0.2) is 11.7 Å². The molecule has 0 saturated heterocycles. The van der Waals surface area contributed by atoms with Gasteiger partial charge < -0.3 is 5.32 Å². The molecule has 1 amide bonds. The monoisotopic (exact) mass is 409 g/mol. The summed E-state index contributed by atoms with van der Waals surface area (Å²) in [6, 6.07) is 19.5. The zero-order valence-electron chi connectivity index (χ0n) is 14.2. The van der Waals surface area contributed by atoms with Gasteiger partial charge in [0.05, 0.1) is 0 Å². The Morgan fingerprint density at radius 1 is 0.923 bits per heavy atom. The molecule has 0 aliphatic rings. The summed E-state index contributed by atoms with van der Waals surface area (Å²) in [5.41, 5.74) is 1.87. The highest BCUT2D eigenvalue weighted by Gasteiger charge is 2.23. The van der Waals surface area contributed by atoms with Gasteiger partial charge in [0.25, 0.3) is 5.91 Å². The minimum Gasteiger partial charge on any atom is -0.317 e. The number of hydrogen-bond donors (Lipinski definition) is 1. The molecule has 0 unspecified atom stereocenters. The lowest BCUT2D eigenvalue weighted by Gasteiger charge is -2.09. The Labute approximate surface area is 160 Å². The van der Waals surface area contributed by atoms with E-state index in [0.717, 1.165) is 4.47 Å². The Balaban J connectivity index is 1.77. The maximum atomic E-state index is 12.7. The molecule has 0 radical (unpaired) electrons. The number of benzene rings is 2. The maximum absolute atomic E-state index is 12.7. The molecular formula is C21H18BrN2O2+. The summed E-state index contributed by atoms with van der Waals surface area (Å²) in [6.45, 7) is 1.84. The van der Waals surface area contributed by atoms with E-state index < -0.39 is 0 Å². The zero-order chi connectivity index (χ0) is 18.5. The molecule has 1 N–H and O–H groups in total. The number of halogens is 1. The highest BCUT2D eigenvalue weighted by molar-refractivity contribution is 9.10. The number of pyridine rings is 1. The van der Waals surface area contributed by atoms with E-state index in [1.807, 2.05) is 49.5 Å². The maximum Gasteiger partial charge on any atom is 0.255 e. The van der Waals surface area contributed by atoms with Crippen molar-refractivity contribution in [3.63, 3.8) is 0 Å². The first-order valence-electron chi connectivity index (χ1n) is 8.21. The number of amides is 1. The molecule has 0 spiro atoms. The molecular weight excluding hydrogens is 392 g/mol. The Hall–Kier alpha value is -2.79. The van der Waals surface area contributed by atoms with Crippen LogP contribution in [0.15, 0.2) is 83.6 Å². The second-order valence-corrected chi connectivity index (χ2v) is 6.82. The van der Waals surface area contributed by atoms with E-state index in [4.69, 9.17) is 0 Å². The Morgan fingerprint density at radius 2 is 1.62 bits per heavy atom. The summed E-state index contributed by atoms with van der Waals surface area (Å²) in [4.78, 5) is 25.0. The van der Waals surface area contributed by atoms with Crippen LogP contribution in [0.25, 0.3) is 0 Å². The minimum atomic E-state index is -0.384. The number of carbonyl (C=O) groups excluding carboxylic acids is 2. The first-order valence-corrected chi connectivity index (χ1v) is 9.01. The van der Waals surface area contributed by atoms with Crippen molar-refractivity contribution in [1.29, 1.82) is 0 Å². The lowest BCUT2D eigenvalue weighted by Crippen LogP contribution is -2.42. The van der Waals surface area contributed by atoms with Crippen LogP contribution in [0.1, 0.15) is 33.7 Å². The van der Waals surface area contributed by atoms with Crippen LogP contribution in [0.2, 0.25) is 0 Å². The van der Waals surface area contributed by atoms with E-state index in [-0.39, 0.29) is 17.7 Å². The van der Waals surface area contributed by atoms with Crippen LogP contribution < -0.4 is 9.88 Å². The fraction of sp³-hybridized carbons (Fsp3) is 0.0952. The molecule has 26 heavy (non-hydrogen) atoms.